The summed E-state index contributed by atoms with van der Waals surface area (Å²) in [7, 11) is 0. The molecule has 0 unspecified atom stereocenters. The molecule has 4 nitrogen and oxygen atoms in total. The lowest BCUT2D eigenvalue weighted by Crippen LogP contribution is -2.46. The fourth-order valence-electron chi connectivity index (χ4n) is 2.66. The largest absolute Gasteiger partial charge is 0.392 e. The first-order valence-corrected chi connectivity index (χ1v) is 7.88. The summed E-state index contributed by atoms with van der Waals surface area (Å²) in [4.78, 5) is 14.8. The highest BCUT2D eigenvalue weighted by Gasteiger charge is 2.20. The van der Waals surface area contributed by atoms with Gasteiger partial charge in [-0.15, -0.1) is 0 Å². The second-order valence-corrected chi connectivity index (χ2v) is 6.09. The van der Waals surface area contributed by atoms with E-state index in [0.717, 1.165) is 32.4 Å². The van der Waals surface area contributed by atoms with Crippen molar-refractivity contribution in [1.82, 2.24) is 10.2 Å². The van der Waals surface area contributed by atoms with E-state index in [4.69, 9.17) is 18.0 Å². The number of benzene rings is 1. The highest BCUT2D eigenvalue weighted by atomic mass is 32.1. The quantitative estimate of drug-likeness (QED) is 0.782. The van der Waals surface area contributed by atoms with Crippen LogP contribution in [0.15, 0.2) is 30.3 Å². The standard InChI is InChI=1S/C16H23N3OS/c17-15(21)12-19-10-8-14(9-11-19)18-16(20)7-6-13-4-2-1-3-5-13/h1-5,14H,6-12H2,(H2,17,21)(H,18,20). The first kappa shape index (κ1) is 15.9. The molecule has 114 valence electrons. The SMILES string of the molecule is NC(=S)CN1CCC(NC(=O)CCc2ccccc2)CC1. The molecule has 0 atom stereocenters. The summed E-state index contributed by atoms with van der Waals surface area (Å²) in [6, 6.07) is 10.4. The molecule has 0 radical (unpaired) electrons. The van der Waals surface area contributed by atoms with Crippen molar-refractivity contribution in [2.75, 3.05) is 19.6 Å². The van der Waals surface area contributed by atoms with Crippen LogP contribution < -0.4 is 11.1 Å². The zero-order valence-electron chi connectivity index (χ0n) is 12.3. The fraction of sp³-hybridized carbons (Fsp3) is 0.500. The van der Waals surface area contributed by atoms with Crippen LogP contribution in [0, 0.1) is 0 Å². The molecule has 1 amide bonds. The van der Waals surface area contributed by atoms with Gasteiger partial charge in [0.25, 0.3) is 0 Å². The number of hydrogen-bond acceptors (Lipinski definition) is 3. The number of carbonyl (C=O) groups excluding carboxylic acids is 1. The molecule has 1 heterocycles. The minimum absolute atomic E-state index is 0.145. The molecule has 1 aliphatic heterocycles. The van der Waals surface area contributed by atoms with Crippen molar-refractivity contribution < 1.29 is 4.79 Å². The van der Waals surface area contributed by atoms with E-state index in [-0.39, 0.29) is 11.9 Å². The Balaban J connectivity index is 1.66. The van der Waals surface area contributed by atoms with Crippen molar-refractivity contribution in [3.63, 3.8) is 0 Å². The normalized spacial score (nSPS) is 16.6. The maximum absolute atomic E-state index is 12.0. The van der Waals surface area contributed by atoms with E-state index in [0.29, 0.717) is 18.0 Å². The molecule has 3 N–H and O–H groups in total. The van der Waals surface area contributed by atoms with E-state index in [2.05, 4.69) is 22.3 Å². The Kier molecular flexibility index (Phi) is 6.14. The van der Waals surface area contributed by atoms with Gasteiger partial charge in [0.15, 0.2) is 0 Å². The number of nitrogens with one attached hydrogen (secondary N) is 1. The molecular weight excluding hydrogens is 282 g/mol. The number of likely N-dealkylation sites (tertiary alicyclic amines) is 1. The average molecular weight is 305 g/mol. The van der Waals surface area contributed by atoms with Crippen LogP contribution in [-0.2, 0) is 11.2 Å². The van der Waals surface area contributed by atoms with E-state index in [1.54, 1.807) is 0 Å². The van der Waals surface area contributed by atoms with Crippen molar-refractivity contribution in [1.29, 1.82) is 0 Å². The van der Waals surface area contributed by atoms with E-state index in [1.807, 2.05) is 18.2 Å². The molecule has 2 rings (SSSR count). The number of hydrogen-bond donors (Lipinski definition) is 2. The number of rotatable bonds is 6. The second kappa shape index (κ2) is 8.10. The van der Waals surface area contributed by atoms with Gasteiger partial charge in [-0.2, -0.15) is 0 Å². The summed E-state index contributed by atoms with van der Waals surface area (Å²) in [6.07, 6.45) is 3.30. The molecule has 0 bridgehead atoms. The summed E-state index contributed by atoms with van der Waals surface area (Å²) in [5.41, 5.74) is 6.76. The van der Waals surface area contributed by atoms with Gasteiger partial charge in [-0.3, -0.25) is 9.69 Å². The molecule has 5 heteroatoms. The predicted octanol–water partition coefficient (Wildman–Crippen LogP) is 1.49. The minimum atomic E-state index is 0.145. The molecule has 0 spiro atoms. The lowest BCUT2D eigenvalue weighted by molar-refractivity contribution is -0.122. The first-order valence-electron chi connectivity index (χ1n) is 7.47. The van der Waals surface area contributed by atoms with Gasteiger partial charge in [0.05, 0.1) is 4.99 Å². The van der Waals surface area contributed by atoms with Gasteiger partial charge in [0.2, 0.25) is 5.91 Å². The van der Waals surface area contributed by atoms with E-state index in [1.165, 1.54) is 5.56 Å². The number of nitrogens with zero attached hydrogens (tertiary/aromatic N) is 1. The van der Waals surface area contributed by atoms with Crippen LogP contribution >= 0.6 is 12.2 Å². The summed E-state index contributed by atoms with van der Waals surface area (Å²) < 4.78 is 0. The Hall–Kier alpha value is -1.46. The van der Waals surface area contributed by atoms with Crippen molar-refractivity contribution in [2.45, 2.75) is 31.7 Å². The van der Waals surface area contributed by atoms with Gasteiger partial charge in [0, 0.05) is 32.1 Å². The topological polar surface area (TPSA) is 58.4 Å². The number of nitrogens with two attached hydrogens (primary N) is 1. The van der Waals surface area contributed by atoms with Gasteiger partial charge in [0.1, 0.15) is 0 Å². The zero-order chi connectivity index (χ0) is 15.1. The van der Waals surface area contributed by atoms with Crippen molar-refractivity contribution >= 4 is 23.1 Å². The fourth-order valence-corrected chi connectivity index (χ4v) is 2.84. The van der Waals surface area contributed by atoms with Crippen molar-refractivity contribution in [3.8, 4) is 0 Å². The number of thiocarbonyl (C=S) groups is 1. The van der Waals surface area contributed by atoms with Crippen LogP contribution in [0.3, 0.4) is 0 Å². The van der Waals surface area contributed by atoms with Gasteiger partial charge in [-0.1, -0.05) is 42.5 Å². The van der Waals surface area contributed by atoms with Gasteiger partial charge >= 0.3 is 0 Å². The van der Waals surface area contributed by atoms with Crippen LogP contribution in [-0.4, -0.2) is 41.5 Å². The third-order valence-corrected chi connectivity index (χ3v) is 3.94. The molecule has 0 aromatic heterocycles. The van der Waals surface area contributed by atoms with E-state index in [9.17, 15) is 4.79 Å². The Bertz CT molecular complexity index is 470. The third kappa shape index (κ3) is 5.81. The second-order valence-electron chi connectivity index (χ2n) is 5.57. The molecule has 0 saturated carbocycles. The Morgan fingerprint density at radius 2 is 1.95 bits per heavy atom. The molecular formula is C16H23N3OS. The number of amides is 1. The minimum Gasteiger partial charge on any atom is -0.392 e. The van der Waals surface area contributed by atoms with Gasteiger partial charge < -0.3 is 11.1 Å². The molecule has 1 saturated heterocycles. The highest BCUT2D eigenvalue weighted by molar-refractivity contribution is 7.80. The highest BCUT2D eigenvalue weighted by Crippen LogP contribution is 2.10. The number of carbonyl (C=O) groups is 1. The number of piperidine rings is 1. The Morgan fingerprint density at radius 1 is 1.29 bits per heavy atom. The zero-order valence-corrected chi connectivity index (χ0v) is 13.1. The maximum Gasteiger partial charge on any atom is 0.220 e. The van der Waals surface area contributed by atoms with Crippen LogP contribution in [0.25, 0.3) is 0 Å². The summed E-state index contributed by atoms with van der Waals surface area (Å²) in [5.74, 6) is 0.145. The van der Waals surface area contributed by atoms with Gasteiger partial charge in [-0.25, -0.2) is 0 Å². The molecule has 1 aromatic rings. The van der Waals surface area contributed by atoms with Crippen LogP contribution in [0.5, 0.6) is 0 Å². The summed E-state index contributed by atoms with van der Waals surface area (Å²) >= 11 is 4.92. The monoisotopic (exact) mass is 305 g/mol. The van der Waals surface area contributed by atoms with Crippen LogP contribution in [0.1, 0.15) is 24.8 Å². The van der Waals surface area contributed by atoms with Crippen molar-refractivity contribution in [2.24, 2.45) is 5.73 Å². The van der Waals surface area contributed by atoms with Crippen molar-refractivity contribution in [3.05, 3.63) is 35.9 Å². The Morgan fingerprint density at radius 3 is 2.57 bits per heavy atom. The third-order valence-electron chi connectivity index (χ3n) is 3.82. The van der Waals surface area contributed by atoms with E-state index < -0.39 is 0 Å². The maximum atomic E-state index is 12.0. The molecule has 1 fully saturated rings. The lowest BCUT2D eigenvalue weighted by Gasteiger charge is -2.31. The predicted molar refractivity (Wildman–Crippen MR) is 89.2 cm³/mol. The first-order chi connectivity index (χ1) is 10.1. The van der Waals surface area contributed by atoms with E-state index >= 15 is 0 Å². The van der Waals surface area contributed by atoms with Crippen LogP contribution in [0.4, 0.5) is 0 Å². The molecule has 21 heavy (non-hydrogen) atoms. The number of aryl methyl sites for hydroxylation is 1. The average Bonchev–Trinajstić information content (AvgIpc) is 2.48. The lowest BCUT2D eigenvalue weighted by atomic mass is 10.0. The van der Waals surface area contributed by atoms with Gasteiger partial charge in [-0.05, 0) is 24.8 Å². The smallest absolute Gasteiger partial charge is 0.220 e. The van der Waals surface area contributed by atoms with Crippen LogP contribution in [0.2, 0.25) is 0 Å². The summed E-state index contributed by atoms with van der Waals surface area (Å²) in [6.45, 7) is 2.58. The molecule has 1 aliphatic rings. The molecule has 1 aromatic carbocycles. The summed E-state index contributed by atoms with van der Waals surface area (Å²) in [5, 5.41) is 3.13. The molecule has 0 aliphatic carbocycles. The Labute approximate surface area is 131 Å².